The van der Waals surface area contributed by atoms with Crippen molar-refractivity contribution in [1.29, 1.82) is 0 Å². The van der Waals surface area contributed by atoms with Gasteiger partial charge in [-0.3, -0.25) is 0 Å². The number of fused-ring (bicyclic) bond motifs is 3. The summed E-state index contributed by atoms with van der Waals surface area (Å²) >= 11 is 0. The molecule has 3 aromatic carbocycles. The molecule has 0 saturated carbocycles. The van der Waals surface area contributed by atoms with E-state index in [1.165, 1.54) is 27.7 Å². The molecule has 4 rings (SSSR count). The van der Waals surface area contributed by atoms with E-state index in [-0.39, 0.29) is 29.4 Å². The Labute approximate surface area is 201 Å². The minimum absolute atomic E-state index is 0. The van der Waals surface area contributed by atoms with Crippen molar-refractivity contribution in [3.63, 3.8) is 0 Å². The number of benzene rings is 3. The smallest absolute Gasteiger partial charge is 0.210 e. The van der Waals surface area contributed by atoms with E-state index in [0.717, 1.165) is 5.56 Å². The zero-order valence-electron chi connectivity index (χ0n) is 18.8. The fourth-order valence-electron chi connectivity index (χ4n) is 4.57. The molecule has 31 heavy (non-hydrogen) atoms. The maximum absolute atomic E-state index is 5.50. The summed E-state index contributed by atoms with van der Waals surface area (Å²) in [5, 5.41) is 2.58. The Kier molecular flexibility index (Phi) is 6.65. The average Bonchev–Trinajstić information content (AvgIpc) is 2.96. The molecule has 5 heteroatoms. The predicted molar refractivity (Wildman–Crippen MR) is 123 cm³/mol. The normalized spacial score (nSPS) is 14.5. The van der Waals surface area contributed by atoms with Crippen molar-refractivity contribution in [3.05, 3.63) is 65.7 Å². The second kappa shape index (κ2) is 8.91. The summed E-state index contributed by atoms with van der Waals surface area (Å²) in [5.41, 5.74) is 4.72. The second-order valence-electron chi connectivity index (χ2n) is 8.04. The molecule has 0 N–H and O–H groups in total. The zero-order chi connectivity index (χ0) is 21.5. The van der Waals surface area contributed by atoms with Gasteiger partial charge in [0.15, 0.2) is 17.2 Å². The number of allylic oxidation sites excluding steroid dienone is 1. The van der Waals surface area contributed by atoms with E-state index in [9.17, 15) is 0 Å². The molecule has 0 aromatic heterocycles. The highest BCUT2D eigenvalue weighted by atomic mass is 127. The lowest BCUT2D eigenvalue weighted by atomic mass is 9.79. The third-order valence-electron chi connectivity index (χ3n) is 6.02. The summed E-state index contributed by atoms with van der Waals surface area (Å²) < 4.78 is 18.7. The van der Waals surface area contributed by atoms with Crippen LogP contribution in [-0.2, 0) is 5.41 Å². The highest BCUT2D eigenvalue weighted by Crippen LogP contribution is 2.44. The molecule has 3 aromatic rings. The van der Waals surface area contributed by atoms with Crippen molar-refractivity contribution in [2.45, 2.75) is 19.3 Å². The molecule has 0 radical (unpaired) electrons. The summed E-state index contributed by atoms with van der Waals surface area (Å²) in [7, 11) is 7.02. The van der Waals surface area contributed by atoms with Crippen LogP contribution in [0.1, 0.15) is 25.0 Å². The fourth-order valence-corrected chi connectivity index (χ4v) is 4.57. The first-order valence-electron chi connectivity index (χ1n) is 10.0. The maximum atomic E-state index is 5.50. The number of rotatable bonds is 5. The minimum atomic E-state index is -0.123. The summed E-state index contributed by atoms with van der Waals surface area (Å²) in [6.45, 7) is 4.58. The van der Waals surface area contributed by atoms with Gasteiger partial charge in [-0.2, -0.15) is 4.58 Å². The van der Waals surface area contributed by atoms with E-state index in [0.29, 0.717) is 17.2 Å². The Morgan fingerprint density at radius 3 is 2.10 bits per heavy atom. The summed E-state index contributed by atoms with van der Waals surface area (Å²) in [6.07, 6.45) is 4.29. The molecule has 0 amide bonds. The quantitative estimate of drug-likeness (QED) is 0.376. The molecule has 162 valence electrons. The molecule has 0 atom stereocenters. The number of hydrogen-bond donors (Lipinski definition) is 0. The van der Waals surface area contributed by atoms with Crippen LogP contribution in [0.2, 0.25) is 0 Å². The Balaban J connectivity index is 0.00000272. The van der Waals surface area contributed by atoms with Gasteiger partial charge in [-0.05, 0) is 54.5 Å². The molecule has 0 spiro atoms. The minimum Gasteiger partial charge on any atom is -1.00 e. The highest BCUT2D eigenvalue weighted by Gasteiger charge is 2.44. The van der Waals surface area contributed by atoms with Gasteiger partial charge in [0.25, 0.3) is 0 Å². The van der Waals surface area contributed by atoms with Crippen LogP contribution in [0.3, 0.4) is 0 Å². The largest absolute Gasteiger partial charge is 1.00 e. The topological polar surface area (TPSA) is 30.7 Å². The van der Waals surface area contributed by atoms with Gasteiger partial charge in [-0.15, -0.1) is 0 Å². The number of ether oxygens (including phenoxy) is 3. The second-order valence-corrected chi connectivity index (χ2v) is 8.04. The summed E-state index contributed by atoms with van der Waals surface area (Å²) in [4.78, 5) is 0. The highest BCUT2D eigenvalue weighted by molar-refractivity contribution is 6.09. The Hall–Kier alpha value is -2.54. The van der Waals surface area contributed by atoms with Crippen molar-refractivity contribution in [1.82, 2.24) is 0 Å². The predicted octanol–water partition coefficient (Wildman–Crippen LogP) is 2.59. The number of methoxy groups -OCH3 is 3. The van der Waals surface area contributed by atoms with Crippen molar-refractivity contribution in [2.24, 2.45) is 0 Å². The van der Waals surface area contributed by atoms with Crippen LogP contribution in [-0.4, -0.2) is 38.7 Å². The molecule has 0 saturated heterocycles. The maximum Gasteiger partial charge on any atom is 0.210 e. The van der Waals surface area contributed by atoms with Crippen LogP contribution in [0.15, 0.2) is 54.6 Å². The average molecular weight is 529 g/mol. The van der Waals surface area contributed by atoms with Gasteiger partial charge in [-0.1, -0.05) is 24.3 Å². The SMILES string of the molecule is COc1cc(C=CC2=[N+](C)c3ccc4ccccc4c3C2(C)C)cc(OC)c1OC.[I-]. The standard InChI is InChI=1S/C26H28NO3.HI/c1-26(2)23(14-11-17-15-21(28-4)25(30-6)22(16-17)29-5)27(3)20-13-12-18-9-7-8-10-19(18)24(20)26;/h7-16H,1-6H3;1H/q+1;/p-1. The van der Waals surface area contributed by atoms with Crippen molar-refractivity contribution < 1.29 is 42.8 Å². The van der Waals surface area contributed by atoms with E-state index in [1.807, 2.05) is 12.1 Å². The molecule has 4 nitrogen and oxygen atoms in total. The van der Waals surface area contributed by atoms with Crippen molar-refractivity contribution in [3.8, 4) is 17.2 Å². The van der Waals surface area contributed by atoms with Gasteiger partial charge in [0.05, 0.1) is 26.7 Å². The van der Waals surface area contributed by atoms with E-state index in [2.05, 4.69) is 74.0 Å². The van der Waals surface area contributed by atoms with E-state index in [4.69, 9.17) is 14.2 Å². The number of nitrogens with zero attached hydrogens (tertiary/aromatic N) is 1. The van der Waals surface area contributed by atoms with Crippen LogP contribution < -0.4 is 38.2 Å². The van der Waals surface area contributed by atoms with Crippen LogP contribution >= 0.6 is 0 Å². The molecule has 1 heterocycles. The molecular weight excluding hydrogens is 501 g/mol. The first-order chi connectivity index (χ1) is 14.4. The Morgan fingerprint density at radius 2 is 1.48 bits per heavy atom. The molecule has 0 fully saturated rings. The van der Waals surface area contributed by atoms with Crippen LogP contribution in [0.5, 0.6) is 17.2 Å². The third kappa shape index (κ3) is 3.80. The summed E-state index contributed by atoms with van der Waals surface area (Å²) in [6, 6.07) is 16.9. The van der Waals surface area contributed by atoms with Crippen LogP contribution in [0.4, 0.5) is 5.69 Å². The Morgan fingerprint density at radius 1 is 0.839 bits per heavy atom. The van der Waals surface area contributed by atoms with Crippen molar-refractivity contribution in [2.75, 3.05) is 28.4 Å². The van der Waals surface area contributed by atoms with Crippen molar-refractivity contribution >= 4 is 28.2 Å². The lowest BCUT2D eigenvalue weighted by Crippen LogP contribution is -3.00. The molecule has 1 aliphatic rings. The lowest BCUT2D eigenvalue weighted by Gasteiger charge is -2.17. The fraction of sp³-hybridized carbons (Fsp3) is 0.269. The lowest BCUT2D eigenvalue weighted by molar-refractivity contribution is -0.401. The molecule has 1 aliphatic heterocycles. The number of hydrogen-bond acceptors (Lipinski definition) is 3. The van der Waals surface area contributed by atoms with Gasteiger partial charge in [0.2, 0.25) is 11.4 Å². The Bertz CT molecular complexity index is 1170. The van der Waals surface area contributed by atoms with E-state index >= 15 is 0 Å². The first-order valence-corrected chi connectivity index (χ1v) is 10.0. The van der Waals surface area contributed by atoms with Gasteiger partial charge in [0.1, 0.15) is 7.05 Å². The van der Waals surface area contributed by atoms with Crippen LogP contribution in [0, 0.1) is 0 Å². The van der Waals surface area contributed by atoms with Gasteiger partial charge < -0.3 is 38.2 Å². The van der Waals surface area contributed by atoms with Gasteiger partial charge in [-0.25, -0.2) is 0 Å². The number of halogens is 1. The van der Waals surface area contributed by atoms with Crippen LogP contribution in [0.25, 0.3) is 16.8 Å². The zero-order valence-corrected chi connectivity index (χ0v) is 21.0. The molecular formula is C26H28INO3. The van der Waals surface area contributed by atoms with E-state index in [1.54, 1.807) is 21.3 Å². The first kappa shape index (κ1) is 23.1. The summed E-state index contributed by atoms with van der Waals surface area (Å²) in [5.74, 6) is 1.90. The molecule has 0 unspecified atom stereocenters. The molecule has 0 aliphatic carbocycles. The monoisotopic (exact) mass is 529 g/mol. The third-order valence-corrected chi connectivity index (χ3v) is 6.02. The van der Waals surface area contributed by atoms with E-state index < -0.39 is 0 Å². The van der Waals surface area contributed by atoms with Gasteiger partial charge in [0, 0.05) is 17.7 Å². The molecule has 0 bridgehead atoms. The van der Waals surface area contributed by atoms with Gasteiger partial charge >= 0.3 is 0 Å².